The van der Waals surface area contributed by atoms with Crippen LogP contribution in [-0.2, 0) is 12.7 Å². The van der Waals surface area contributed by atoms with E-state index in [1.165, 1.54) is 12.1 Å². The Bertz CT molecular complexity index is 810. The normalized spacial score (nSPS) is 14.1. The van der Waals surface area contributed by atoms with Gasteiger partial charge in [0.1, 0.15) is 0 Å². The monoisotopic (exact) mass is 362 g/mol. The second-order valence-corrected chi connectivity index (χ2v) is 6.30. The van der Waals surface area contributed by atoms with E-state index in [1.807, 2.05) is 0 Å². The van der Waals surface area contributed by atoms with Crippen molar-refractivity contribution in [1.82, 2.24) is 4.90 Å². The molecule has 2 aromatic carbocycles. The van der Waals surface area contributed by atoms with E-state index in [0.29, 0.717) is 12.1 Å². The largest absolute Gasteiger partial charge is 0.416 e. The van der Waals surface area contributed by atoms with Crippen LogP contribution in [0.3, 0.4) is 0 Å². The number of halogens is 3. The van der Waals surface area contributed by atoms with Crippen LogP contribution >= 0.6 is 0 Å². The average Bonchev–Trinajstić information content (AvgIpc) is 3.44. The van der Waals surface area contributed by atoms with Crippen LogP contribution in [0.15, 0.2) is 48.5 Å². The Morgan fingerprint density at radius 2 is 1.50 bits per heavy atom. The lowest BCUT2D eigenvalue weighted by Crippen LogP contribution is -2.32. The maximum absolute atomic E-state index is 12.7. The van der Waals surface area contributed by atoms with E-state index >= 15 is 0 Å². The van der Waals surface area contributed by atoms with Gasteiger partial charge in [0.25, 0.3) is 5.91 Å². The zero-order valence-electron chi connectivity index (χ0n) is 13.8. The van der Waals surface area contributed by atoms with Crippen molar-refractivity contribution in [2.24, 2.45) is 5.73 Å². The summed E-state index contributed by atoms with van der Waals surface area (Å²) in [6, 6.07) is 10.9. The SMILES string of the molecule is NC(=O)c1ccc(CN(C(=O)c2ccc(C(F)(F)F)cc2)C2CC2)cc1. The molecule has 26 heavy (non-hydrogen) atoms. The second kappa shape index (κ2) is 6.82. The number of rotatable bonds is 5. The van der Waals surface area contributed by atoms with Gasteiger partial charge in [-0.1, -0.05) is 12.1 Å². The van der Waals surface area contributed by atoms with Gasteiger partial charge in [0, 0.05) is 23.7 Å². The lowest BCUT2D eigenvalue weighted by atomic mass is 10.1. The predicted molar refractivity (Wildman–Crippen MR) is 89.3 cm³/mol. The highest BCUT2D eigenvalue weighted by molar-refractivity contribution is 5.95. The van der Waals surface area contributed by atoms with Crippen LogP contribution in [0.25, 0.3) is 0 Å². The molecule has 0 unspecified atom stereocenters. The smallest absolute Gasteiger partial charge is 0.366 e. The standard InChI is InChI=1S/C19H17F3N2O2/c20-19(21,22)15-7-5-14(6-8-15)18(26)24(16-9-10-16)11-12-1-3-13(4-2-12)17(23)25/h1-8,16H,9-11H2,(H2,23,25). The quantitative estimate of drug-likeness (QED) is 0.883. The van der Waals surface area contributed by atoms with Crippen LogP contribution in [0.5, 0.6) is 0 Å². The summed E-state index contributed by atoms with van der Waals surface area (Å²) in [4.78, 5) is 25.5. The van der Waals surface area contributed by atoms with Gasteiger partial charge in [0.2, 0.25) is 5.91 Å². The first-order chi connectivity index (χ1) is 12.3. The molecule has 0 atom stereocenters. The first-order valence-corrected chi connectivity index (χ1v) is 8.12. The van der Waals surface area contributed by atoms with Gasteiger partial charge in [-0.15, -0.1) is 0 Å². The molecule has 0 aliphatic heterocycles. The third-order valence-electron chi connectivity index (χ3n) is 4.30. The van der Waals surface area contributed by atoms with Crippen molar-refractivity contribution < 1.29 is 22.8 Å². The van der Waals surface area contributed by atoms with E-state index in [9.17, 15) is 22.8 Å². The van der Waals surface area contributed by atoms with Gasteiger partial charge in [-0.3, -0.25) is 9.59 Å². The average molecular weight is 362 g/mol. The molecule has 1 aliphatic carbocycles. The molecule has 1 aliphatic rings. The molecule has 0 aromatic heterocycles. The van der Waals surface area contributed by atoms with Crippen LogP contribution in [0, 0.1) is 0 Å². The molecule has 136 valence electrons. The highest BCUT2D eigenvalue weighted by Gasteiger charge is 2.34. The van der Waals surface area contributed by atoms with Crippen LogP contribution in [-0.4, -0.2) is 22.8 Å². The molecule has 1 fully saturated rings. The number of amides is 2. The molecule has 0 saturated heterocycles. The number of nitrogens with two attached hydrogens (primary N) is 1. The number of carbonyl (C=O) groups is 2. The summed E-state index contributed by atoms with van der Waals surface area (Å²) in [6.07, 6.45) is -2.70. The van der Waals surface area contributed by atoms with Crippen molar-refractivity contribution in [3.05, 3.63) is 70.8 Å². The first-order valence-electron chi connectivity index (χ1n) is 8.12. The fourth-order valence-electron chi connectivity index (χ4n) is 2.69. The van der Waals surface area contributed by atoms with Crippen LogP contribution < -0.4 is 5.73 Å². The van der Waals surface area contributed by atoms with Gasteiger partial charge in [-0.05, 0) is 54.8 Å². The molecular formula is C19H17F3N2O2. The van der Waals surface area contributed by atoms with Gasteiger partial charge in [-0.25, -0.2) is 0 Å². The summed E-state index contributed by atoms with van der Waals surface area (Å²) in [5.74, 6) is -0.836. The van der Waals surface area contributed by atoms with E-state index in [2.05, 4.69) is 0 Å². The third kappa shape index (κ3) is 4.04. The summed E-state index contributed by atoms with van der Waals surface area (Å²) >= 11 is 0. The number of hydrogen-bond donors (Lipinski definition) is 1. The maximum Gasteiger partial charge on any atom is 0.416 e. The summed E-state index contributed by atoms with van der Waals surface area (Å²) in [6.45, 7) is 0.323. The summed E-state index contributed by atoms with van der Waals surface area (Å²) in [7, 11) is 0. The molecule has 0 heterocycles. The van der Waals surface area contributed by atoms with Crippen LogP contribution in [0.2, 0.25) is 0 Å². The number of benzene rings is 2. The van der Waals surface area contributed by atoms with Crippen molar-refractivity contribution in [2.75, 3.05) is 0 Å². The van der Waals surface area contributed by atoms with Crippen molar-refractivity contribution in [3.63, 3.8) is 0 Å². The highest BCUT2D eigenvalue weighted by atomic mass is 19.4. The third-order valence-corrected chi connectivity index (χ3v) is 4.30. The number of carbonyl (C=O) groups excluding carboxylic acids is 2. The molecule has 1 saturated carbocycles. The number of nitrogens with zero attached hydrogens (tertiary/aromatic N) is 1. The topological polar surface area (TPSA) is 63.4 Å². The molecule has 0 radical (unpaired) electrons. The predicted octanol–water partition coefficient (Wildman–Crippen LogP) is 3.61. The highest BCUT2D eigenvalue weighted by Crippen LogP contribution is 2.32. The lowest BCUT2D eigenvalue weighted by Gasteiger charge is -2.23. The van der Waals surface area contributed by atoms with Crippen molar-refractivity contribution >= 4 is 11.8 Å². The minimum Gasteiger partial charge on any atom is -0.366 e. The Balaban J connectivity index is 1.77. The van der Waals surface area contributed by atoms with E-state index in [1.54, 1.807) is 29.2 Å². The number of primary amides is 1. The van der Waals surface area contributed by atoms with Gasteiger partial charge < -0.3 is 10.6 Å². The van der Waals surface area contributed by atoms with E-state index < -0.39 is 17.6 Å². The van der Waals surface area contributed by atoms with Crippen molar-refractivity contribution in [2.45, 2.75) is 31.6 Å². The number of hydrogen-bond acceptors (Lipinski definition) is 2. The minimum absolute atomic E-state index is 0.0839. The Hall–Kier alpha value is -2.83. The lowest BCUT2D eigenvalue weighted by molar-refractivity contribution is -0.137. The van der Waals surface area contributed by atoms with Gasteiger partial charge in [0.05, 0.1) is 5.56 Å². The Morgan fingerprint density at radius 1 is 0.962 bits per heavy atom. The molecule has 7 heteroatoms. The Kier molecular flexibility index (Phi) is 4.71. The Morgan fingerprint density at radius 3 is 1.96 bits per heavy atom. The van der Waals surface area contributed by atoms with Gasteiger partial charge in [0.15, 0.2) is 0 Å². The van der Waals surface area contributed by atoms with E-state index in [4.69, 9.17) is 5.73 Å². The molecule has 4 nitrogen and oxygen atoms in total. The molecule has 0 spiro atoms. The number of alkyl halides is 3. The maximum atomic E-state index is 12.7. The first kappa shape index (κ1) is 18.0. The molecule has 2 aromatic rings. The van der Waals surface area contributed by atoms with Gasteiger partial charge >= 0.3 is 6.18 Å². The summed E-state index contributed by atoms with van der Waals surface area (Å²) in [5.41, 5.74) is 5.84. The fourth-order valence-corrected chi connectivity index (χ4v) is 2.69. The van der Waals surface area contributed by atoms with E-state index in [-0.39, 0.29) is 17.5 Å². The molecule has 3 rings (SSSR count). The summed E-state index contributed by atoms with van der Waals surface area (Å²) < 4.78 is 38.0. The molecular weight excluding hydrogens is 345 g/mol. The molecule has 2 amide bonds. The van der Waals surface area contributed by atoms with Gasteiger partial charge in [-0.2, -0.15) is 13.2 Å². The van der Waals surface area contributed by atoms with Crippen LogP contribution in [0.4, 0.5) is 13.2 Å². The second-order valence-electron chi connectivity index (χ2n) is 6.30. The fraction of sp³-hybridized carbons (Fsp3) is 0.263. The molecule has 0 bridgehead atoms. The van der Waals surface area contributed by atoms with Crippen LogP contribution in [0.1, 0.15) is 44.7 Å². The molecule has 2 N–H and O–H groups in total. The Labute approximate surface area is 148 Å². The van der Waals surface area contributed by atoms with E-state index in [0.717, 1.165) is 30.5 Å². The minimum atomic E-state index is -4.43. The van der Waals surface area contributed by atoms with Crippen molar-refractivity contribution in [3.8, 4) is 0 Å². The zero-order valence-corrected chi connectivity index (χ0v) is 13.8. The van der Waals surface area contributed by atoms with Crippen molar-refractivity contribution in [1.29, 1.82) is 0 Å². The summed E-state index contributed by atoms with van der Waals surface area (Å²) in [5, 5.41) is 0. The zero-order chi connectivity index (χ0) is 18.9.